The number of hydrogen-bond donors (Lipinski definition) is 3. The van der Waals surface area contributed by atoms with Crippen LogP contribution >= 0.6 is 0 Å². The van der Waals surface area contributed by atoms with E-state index < -0.39 is 0 Å². The molecule has 12 atom stereocenters. The summed E-state index contributed by atoms with van der Waals surface area (Å²) in [7, 11) is 0. The van der Waals surface area contributed by atoms with Gasteiger partial charge in [-0.15, -0.1) is 0 Å². The van der Waals surface area contributed by atoms with Crippen LogP contribution in [0.4, 0.5) is 0 Å². The average molecular weight is 435 g/mol. The molecule has 4 rings (SSSR count). The van der Waals surface area contributed by atoms with Crippen LogP contribution < -0.4 is 0 Å². The molecular weight excluding hydrogens is 384 g/mol. The second-order valence-electron chi connectivity index (χ2n) is 13.5. The van der Waals surface area contributed by atoms with E-state index in [9.17, 15) is 15.3 Å². The normalized spacial score (nSPS) is 51.7. The fourth-order valence-corrected chi connectivity index (χ4v) is 9.83. The topological polar surface area (TPSA) is 60.7 Å². The Kier molecular flexibility index (Phi) is 6.65. The van der Waals surface area contributed by atoms with Gasteiger partial charge in [-0.2, -0.15) is 0 Å². The monoisotopic (exact) mass is 434 g/mol. The molecule has 4 saturated carbocycles. The zero-order chi connectivity index (χ0) is 22.7. The maximum atomic E-state index is 11.7. The molecular formula is C28H50O3. The minimum atomic E-state index is -0.265. The van der Waals surface area contributed by atoms with Gasteiger partial charge in [0, 0.05) is 0 Å². The summed E-state index contributed by atoms with van der Waals surface area (Å²) >= 11 is 0. The first-order valence-corrected chi connectivity index (χ1v) is 13.5. The van der Waals surface area contributed by atoms with E-state index in [1.165, 1.54) is 25.7 Å². The molecule has 31 heavy (non-hydrogen) atoms. The molecule has 0 bridgehead atoms. The number of aliphatic hydroxyl groups excluding tert-OH is 3. The molecule has 0 spiro atoms. The van der Waals surface area contributed by atoms with Crippen LogP contribution in [-0.2, 0) is 0 Å². The summed E-state index contributed by atoms with van der Waals surface area (Å²) in [5, 5.41) is 33.4. The Labute approximate surface area is 191 Å². The smallest absolute Gasteiger partial charge is 0.0602 e. The second kappa shape index (κ2) is 8.58. The number of fused-ring (bicyclic) bond motifs is 5. The van der Waals surface area contributed by atoms with Crippen molar-refractivity contribution in [3.8, 4) is 0 Å². The maximum Gasteiger partial charge on any atom is 0.0602 e. The molecule has 3 heteroatoms. The third-order valence-electron chi connectivity index (χ3n) is 11.2. The standard InChI is InChI=1S/C28H50O3/c1-16(2)11-17(3)12-18(4)21-7-8-22-26-23(15-25(31)28(21,22)6)27(5)10-9-20(29)13-19(27)14-24(26)30/h16-26,29-31H,7-15H2,1-6H3/t17-,18+,19-,20+,21+,22-,23-,24+,25-,26-,27-,28+/m0/s1. The zero-order valence-electron chi connectivity index (χ0n) is 21.1. The van der Waals surface area contributed by atoms with E-state index in [0.29, 0.717) is 35.5 Å². The molecule has 0 aliphatic heterocycles. The number of hydrogen-bond acceptors (Lipinski definition) is 3. The van der Waals surface area contributed by atoms with Gasteiger partial charge in [0.25, 0.3) is 0 Å². The maximum absolute atomic E-state index is 11.7. The van der Waals surface area contributed by atoms with E-state index in [2.05, 4.69) is 41.5 Å². The van der Waals surface area contributed by atoms with Gasteiger partial charge in [0.2, 0.25) is 0 Å². The third kappa shape index (κ3) is 3.93. The van der Waals surface area contributed by atoms with Crippen LogP contribution in [0.5, 0.6) is 0 Å². The SMILES string of the molecule is CC(C)C[C@H](C)C[C@@H](C)[C@H]1CC[C@H]2[C@@H]3[C@H](O)C[C@@H]4C[C@H](O)CC[C@]4(C)[C@H]3C[C@H](O)[C@]12C. The van der Waals surface area contributed by atoms with Crippen molar-refractivity contribution in [2.45, 2.75) is 118 Å². The molecule has 4 aliphatic carbocycles. The summed E-state index contributed by atoms with van der Waals surface area (Å²) < 4.78 is 0. The van der Waals surface area contributed by atoms with Gasteiger partial charge in [-0.25, -0.2) is 0 Å². The molecule has 0 amide bonds. The van der Waals surface area contributed by atoms with Gasteiger partial charge in [-0.1, -0.05) is 41.5 Å². The summed E-state index contributed by atoms with van der Waals surface area (Å²) in [6, 6.07) is 0. The Bertz CT molecular complexity index is 634. The van der Waals surface area contributed by atoms with Crippen LogP contribution in [0.15, 0.2) is 0 Å². The summed E-state index contributed by atoms with van der Waals surface area (Å²) in [4.78, 5) is 0. The lowest BCUT2D eigenvalue weighted by Crippen LogP contribution is -2.62. The lowest BCUT2D eigenvalue weighted by Gasteiger charge is -2.63. The summed E-state index contributed by atoms with van der Waals surface area (Å²) in [5.41, 5.74) is 0.109. The van der Waals surface area contributed by atoms with Crippen molar-refractivity contribution in [1.29, 1.82) is 0 Å². The van der Waals surface area contributed by atoms with E-state index in [-0.39, 0.29) is 29.1 Å². The van der Waals surface area contributed by atoms with Crippen LogP contribution in [0.2, 0.25) is 0 Å². The molecule has 4 fully saturated rings. The average Bonchev–Trinajstić information content (AvgIpc) is 3.02. The Morgan fingerprint density at radius 2 is 1.55 bits per heavy atom. The first-order chi connectivity index (χ1) is 14.5. The van der Waals surface area contributed by atoms with Gasteiger partial charge in [0.1, 0.15) is 0 Å². The van der Waals surface area contributed by atoms with Crippen molar-refractivity contribution in [2.24, 2.45) is 58.2 Å². The molecule has 0 saturated heterocycles. The Morgan fingerprint density at radius 1 is 0.839 bits per heavy atom. The van der Waals surface area contributed by atoms with E-state index in [1.807, 2.05) is 0 Å². The second-order valence-corrected chi connectivity index (χ2v) is 13.5. The fraction of sp³-hybridized carbons (Fsp3) is 1.00. The molecule has 180 valence electrons. The van der Waals surface area contributed by atoms with Crippen LogP contribution in [0.1, 0.15) is 99.3 Å². The Hall–Kier alpha value is -0.120. The van der Waals surface area contributed by atoms with E-state index in [4.69, 9.17) is 0 Å². The van der Waals surface area contributed by atoms with Crippen molar-refractivity contribution in [1.82, 2.24) is 0 Å². The summed E-state index contributed by atoms with van der Waals surface area (Å²) in [6.45, 7) is 14.3. The molecule has 0 radical (unpaired) electrons. The zero-order valence-corrected chi connectivity index (χ0v) is 21.1. The van der Waals surface area contributed by atoms with Gasteiger partial charge >= 0.3 is 0 Å². The van der Waals surface area contributed by atoms with Gasteiger partial charge in [0.05, 0.1) is 18.3 Å². The minimum Gasteiger partial charge on any atom is -0.393 e. The van der Waals surface area contributed by atoms with Crippen LogP contribution in [0, 0.1) is 58.2 Å². The van der Waals surface area contributed by atoms with Crippen molar-refractivity contribution >= 4 is 0 Å². The highest BCUT2D eigenvalue weighted by Gasteiger charge is 2.65. The Balaban J connectivity index is 1.56. The lowest BCUT2D eigenvalue weighted by molar-refractivity contribution is -0.207. The quantitative estimate of drug-likeness (QED) is 0.523. The summed E-state index contributed by atoms with van der Waals surface area (Å²) in [5.74, 6) is 4.24. The number of aliphatic hydroxyl groups is 3. The van der Waals surface area contributed by atoms with Crippen molar-refractivity contribution < 1.29 is 15.3 Å². The highest BCUT2D eigenvalue weighted by atomic mass is 16.3. The highest BCUT2D eigenvalue weighted by Crippen LogP contribution is 2.68. The Morgan fingerprint density at radius 3 is 2.23 bits per heavy atom. The van der Waals surface area contributed by atoms with E-state index in [0.717, 1.165) is 43.9 Å². The molecule has 0 aromatic carbocycles. The van der Waals surface area contributed by atoms with Crippen molar-refractivity contribution in [3.63, 3.8) is 0 Å². The molecule has 0 aromatic rings. The fourth-order valence-electron chi connectivity index (χ4n) is 9.83. The molecule has 4 aliphatic rings. The predicted octanol–water partition coefficient (Wildman–Crippen LogP) is 5.66. The van der Waals surface area contributed by atoms with E-state index in [1.54, 1.807) is 0 Å². The van der Waals surface area contributed by atoms with Crippen LogP contribution in [-0.4, -0.2) is 33.6 Å². The molecule has 3 nitrogen and oxygen atoms in total. The third-order valence-corrected chi connectivity index (χ3v) is 11.2. The molecule has 3 N–H and O–H groups in total. The van der Waals surface area contributed by atoms with Gasteiger partial charge in [-0.05, 0) is 116 Å². The van der Waals surface area contributed by atoms with Gasteiger partial charge in [0.15, 0.2) is 0 Å². The predicted molar refractivity (Wildman–Crippen MR) is 126 cm³/mol. The molecule has 0 aromatic heterocycles. The molecule has 0 unspecified atom stereocenters. The first-order valence-electron chi connectivity index (χ1n) is 13.5. The van der Waals surface area contributed by atoms with Gasteiger partial charge in [-0.3, -0.25) is 0 Å². The van der Waals surface area contributed by atoms with Crippen LogP contribution in [0.25, 0.3) is 0 Å². The van der Waals surface area contributed by atoms with Crippen molar-refractivity contribution in [3.05, 3.63) is 0 Å². The molecule has 0 heterocycles. The van der Waals surface area contributed by atoms with Crippen LogP contribution in [0.3, 0.4) is 0 Å². The lowest BCUT2D eigenvalue weighted by atomic mass is 9.43. The van der Waals surface area contributed by atoms with Gasteiger partial charge < -0.3 is 15.3 Å². The minimum absolute atomic E-state index is 0.0590. The first kappa shape index (κ1) is 24.0. The van der Waals surface area contributed by atoms with Crippen molar-refractivity contribution in [2.75, 3.05) is 0 Å². The summed E-state index contributed by atoms with van der Waals surface area (Å²) in [6.07, 6.45) is 8.67. The number of rotatable bonds is 5. The highest BCUT2D eigenvalue weighted by molar-refractivity contribution is 5.14. The largest absolute Gasteiger partial charge is 0.393 e. The van der Waals surface area contributed by atoms with E-state index >= 15 is 0 Å².